The van der Waals surface area contributed by atoms with E-state index in [0.29, 0.717) is 17.2 Å². The predicted molar refractivity (Wildman–Crippen MR) is 148 cm³/mol. The number of amides is 1. The Kier molecular flexibility index (Phi) is 7.94. The summed E-state index contributed by atoms with van der Waals surface area (Å²) in [5.74, 6) is 0.516. The minimum absolute atomic E-state index is 0.238. The van der Waals surface area contributed by atoms with Gasteiger partial charge in [0.1, 0.15) is 12.4 Å². The van der Waals surface area contributed by atoms with Gasteiger partial charge in [-0.15, -0.1) is 0 Å². The van der Waals surface area contributed by atoms with Crippen LogP contribution in [0, 0.1) is 0 Å². The molecular weight excluding hydrogens is 482 g/mol. The number of fused-ring (bicyclic) bond motifs is 1. The maximum absolute atomic E-state index is 12.5. The lowest BCUT2D eigenvalue weighted by atomic mass is 9.99. The minimum Gasteiger partial charge on any atom is -0.489 e. The van der Waals surface area contributed by atoms with Crippen LogP contribution in [0.4, 0.5) is 0 Å². The lowest BCUT2D eigenvalue weighted by Gasteiger charge is -2.28. The Hall–Kier alpha value is -3.93. The number of hydrogen-bond acceptors (Lipinski definition) is 4. The fourth-order valence-corrected chi connectivity index (χ4v) is 4.46. The third kappa shape index (κ3) is 6.85. The molecule has 0 fully saturated rings. The molecule has 0 aliphatic carbocycles. The fourth-order valence-electron chi connectivity index (χ4n) is 4.34. The van der Waals surface area contributed by atoms with Crippen molar-refractivity contribution in [3.05, 3.63) is 135 Å². The van der Waals surface area contributed by atoms with Gasteiger partial charge in [-0.05, 0) is 82.8 Å². The highest BCUT2D eigenvalue weighted by Crippen LogP contribution is 2.20. The molecule has 1 amide bonds. The van der Waals surface area contributed by atoms with Crippen molar-refractivity contribution in [2.75, 3.05) is 6.54 Å². The zero-order valence-corrected chi connectivity index (χ0v) is 21.2. The standard InChI is InChI=1S/C31H28ClN3O2/c32-29-13-7-25(8-14-29)22-37-30-15-9-23(10-16-30)19-33-34-31(36)27-11-5-24(6-12-27)20-35-18-17-26-3-1-2-4-28(26)21-35/h1-16,19H,17-18,20-22H2,(H,34,36)/b33-19-. The minimum atomic E-state index is -0.238. The number of nitrogens with one attached hydrogen (secondary N) is 1. The second kappa shape index (κ2) is 11.9. The number of rotatable bonds is 8. The Balaban J connectivity index is 1.08. The van der Waals surface area contributed by atoms with Crippen LogP contribution < -0.4 is 10.2 Å². The van der Waals surface area contributed by atoms with E-state index in [0.717, 1.165) is 42.9 Å². The first-order valence-electron chi connectivity index (χ1n) is 12.3. The maximum Gasteiger partial charge on any atom is 0.271 e. The van der Waals surface area contributed by atoms with Crippen LogP contribution in [0.3, 0.4) is 0 Å². The summed E-state index contributed by atoms with van der Waals surface area (Å²) in [5, 5.41) is 4.81. The summed E-state index contributed by atoms with van der Waals surface area (Å²) in [6.07, 6.45) is 2.69. The number of nitrogens with zero attached hydrogens (tertiary/aromatic N) is 2. The molecule has 0 radical (unpaired) electrons. The Bertz CT molecular complexity index is 1370. The molecule has 4 aromatic carbocycles. The molecule has 0 atom stereocenters. The average Bonchev–Trinajstić information content (AvgIpc) is 2.94. The summed E-state index contributed by atoms with van der Waals surface area (Å²) in [5.41, 5.74) is 9.13. The molecule has 0 saturated carbocycles. The van der Waals surface area contributed by atoms with Crippen molar-refractivity contribution in [2.24, 2.45) is 5.10 Å². The molecule has 1 aliphatic rings. The van der Waals surface area contributed by atoms with E-state index in [2.05, 4.69) is 39.7 Å². The highest BCUT2D eigenvalue weighted by Gasteiger charge is 2.16. The van der Waals surface area contributed by atoms with Crippen molar-refractivity contribution >= 4 is 23.7 Å². The van der Waals surface area contributed by atoms with Crippen LogP contribution in [0.25, 0.3) is 0 Å². The number of hydrogen-bond donors (Lipinski definition) is 1. The van der Waals surface area contributed by atoms with Gasteiger partial charge in [0, 0.05) is 30.2 Å². The average molecular weight is 510 g/mol. The van der Waals surface area contributed by atoms with Crippen molar-refractivity contribution < 1.29 is 9.53 Å². The molecule has 1 N–H and O–H groups in total. The zero-order chi connectivity index (χ0) is 25.5. The predicted octanol–water partition coefficient (Wildman–Crippen LogP) is 6.24. The number of benzene rings is 4. The van der Waals surface area contributed by atoms with Crippen molar-refractivity contribution in [2.45, 2.75) is 26.1 Å². The highest BCUT2D eigenvalue weighted by molar-refractivity contribution is 6.30. The Morgan fingerprint density at radius 1 is 0.892 bits per heavy atom. The van der Waals surface area contributed by atoms with Gasteiger partial charge >= 0.3 is 0 Å². The first-order chi connectivity index (χ1) is 18.1. The van der Waals surface area contributed by atoms with Crippen molar-refractivity contribution in [3.63, 3.8) is 0 Å². The molecule has 1 aliphatic heterocycles. The van der Waals surface area contributed by atoms with Gasteiger partial charge in [0.25, 0.3) is 5.91 Å². The second-order valence-electron chi connectivity index (χ2n) is 9.11. The smallest absolute Gasteiger partial charge is 0.271 e. The molecule has 37 heavy (non-hydrogen) atoms. The third-order valence-corrected chi connectivity index (χ3v) is 6.66. The van der Waals surface area contributed by atoms with E-state index in [1.807, 2.05) is 72.8 Å². The SMILES string of the molecule is O=C(N/N=C\c1ccc(OCc2ccc(Cl)cc2)cc1)c1ccc(CN2CCc3ccccc3C2)cc1. The monoisotopic (exact) mass is 509 g/mol. The summed E-state index contributed by atoms with van der Waals surface area (Å²) < 4.78 is 5.80. The zero-order valence-electron chi connectivity index (χ0n) is 20.4. The number of hydrazone groups is 1. The van der Waals surface area contributed by atoms with E-state index in [1.165, 1.54) is 16.7 Å². The Labute approximate surface area is 222 Å². The van der Waals surface area contributed by atoms with Gasteiger partial charge in [-0.1, -0.05) is 60.1 Å². The highest BCUT2D eigenvalue weighted by atomic mass is 35.5. The van der Waals surface area contributed by atoms with Gasteiger partial charge in [-0.3, -0.25) is 9.69 Å². The quantitative estimate of drug-likeness (QED) is 0.226. The third-order valence-electron chi connectivity index (χ3n) is 6.41. The summed E-state index contributed by atoms with van der Waals surface area (Å²) >= 11 is 5.91. The van der Waals surface area contributed by atoms with Crippen molar-refractivity contribution in [1.82, 2.24) is 10.3 Å². The summed E-state index contributed by atoms with van der Waals surface area (Å²) in [6.45, 7) is 3.34. The Morgan fingerprint density at radius 2 is 1.59 bits per heavy atom. The van der Waals surface area contributed by atoms with E-state index in [1.54, 1.807) is 6.21 Å². The molecule has 5 nitrogen and oxygen atoms in total. The van der Waals surface area contributed by atoms with Gasteiger partial charge in [-0.2, -0.15) is 5.10 Å². The van der Waals surface area contributed by atoms with E-state index in [-0.39, 0.29) is 5.91 Å². The van der Waals surface area contributed by atoms with Crippen molar-refractivity contribution in [3.8, 4) is 5.75 Å². The molecule has 0 unspecified atom stereocenters. The second-order valence-corrected chi connectivity index (χ2v) is 9.55. The first kappa shape index (κ1) is 24.8. The van der Waals surface area contributed by atoms with Crippen LogP contribution in [0.2, 0.25) is 5.02 Å². The van der Waals surface area contributed by atoms with Crippen LogP contribution in [0.5, 0.6) is 5.75 Å². The fraction of sp³-hybridized carbons (Fsp3) is 0.161. The molecule has 0 bridgehead atoms. The van der Waals surface area contributed by atoms with E-state index in [4.69, 9.17) is 16.3 Å². The summed E-state index contributed by atoms with van der Waals surface area (Å²) in [6, 6.07) is 31.5. The number of carbonyl (C=O) groups is 1. The van der Waals surface area contributed by atoms with Crippen molar-refractivity contribution in [1.29, 1.82) is 0 Å². The van der Waals surface area contributed by atoms with E-state index in [9.17, 15) is 4.79 Å². The molecule has 1 heterocycles. The van der Waals surface area contributed by atoms with E-state index < -0.39 is 0 Å². The van der Waals surface area contributed by atoms with Crippen LogP contribution in [-0.2, 0) is 26.1 Å². The number of ether oxygens (including phenoxy) is 1. The van der Waals surface area contributed by atoms with Crippen LogP contribution >= 0.6 is 11.6 Å². The largest absolute Gasteiger partial charge is 0.489 e. The van der Waals surface area contributed by atoms with Gasteiger partial charge in [0.15, 0.2) is 0 Å². The summed E-state index contributed by atoms with van der Waals surface area (Å²) in [7, 11) is 0. The lowest BCUT2D eigenvalue weighted by molar-refractivity contribution is 0.0955. The first-order valence-corrected chi connectivity index (χ1v) is 12.7. The van der Waals surface area contributed by atoms with E-state index >= 15 is 0 Å². The van der Waals surface area contributed by atoms with Gasteiger partial charge < -0.3 is 4.74 Å². The molecule has 4 aromatic rings. The van der Waals surface area contributed by atoms with Gasteiger partial charge in [0.2, 0.25) is 0 Å². The van der Waals surface area contributed by atoms with Crippen LogP contribution in [-0.4, -0.2) is 23.6 Å². The van der Waals surface area contributed by atoms with Gasteiger partial charge in [0.05, 0.1) is 6.21 Å². The molecule has 0 spiro atoms. The molecule has 6 heteroatoms. The molecular formula is C31H28ClN3O2. The normalized spacial score (nSPS) is 13.3. The van der Waals surface area contributed by atoms with Crippen LogP contribution in [0.1, 0.15) is 38.2 Å². The number of carbonyl (C=O) groups excluding carboxylic acids is 1. The molecule has 0 aromatic heterocycles. The number of halogens is 1. The topological polar surface area (TPSA) is 53.9 Å². The molecule has 0 saturated heterocycles. The lowest BCUT2D eigenvalue weighted by Crippen LogP contribution is -2.30. The maximum atomic E-state index is 12.5. The Morgan fingerprint density at radius 3 is 2.35 bits per heavy atom. The molecule has 5 rings (SSSR count). The van der Waals surface area contributed by atoms with Gasteiger partial charge in [-0.25, -0.2) is 5.43 Å². The van der Waals surface area contributed by atoms with Crippen LogP contribution in [0.15, 0.2) is 102 Å². The molecule has 186 valence electrons. The summed E-state index contributed by atoms with van der Waals surface area (Å²) in [4.78, 5) is 14.9.